The third-order valence-corrected chi connectivity index (χ3v) is 4.08. The highest BCUT2D eigenvalue weighted by molar-refractivity contribution is 5.32. The molecular formula is C15H21N. The van der Waals surface area contributed by atoms with E-state index in [-0.39, 0.29) is 0 Å². The van der Waals surface area contributed by atoms with Gasteiger partial charge >= 0.3 is 0 Å². The first-order chi connectivity index (χ1) is 7.93. The summed E-state index contributed by atoms with van der Waals surface area (Å²) in [4.78, 5) is 4.97. The predicted molar refractivity (Wildman–Crippen MR) is 66.8 cm³/mol. The van der Waals surface area contributed by atoms with Crippen molar-refractivity contribution in [1.82, 2.24) is 4.98 Å². The average Bonchev–Trinajstić information content (AvgIpc) is 2.64. The van der Waals surface area contributed by atoms with E-state index in [2.05, 4.69) is 6.07 Å². The summed E-state index contributed by atoms with van der Waals surface area (Å²) in [5, 5.41) is 0. The van der Waals surface area contributed by atoms with Crippen LogP contribution in [0.15, 0.2) is 6.07 Å². The predicted octanol–water partition coefficient (Wildman–Crippen LogP) is 3.62. The molecule has 0 spiro atoms. The van der Waals surface area contributed by atoms with Crippen LogP contribution in [0.25, 0.3) is 0 Å². The van der Waals surface area contributed by atoms with Gasteiger partial charge in [0.25, 0.3) is 0 Å². The van der Waals surface area contributed by atoms with Gasteiger partial charge in [-0.15, -0.1) is 0 Å². The minimum Gasteiger partial charge on any atom is -0.257 e. The molecule has 0 saturated heterocycles. The number of rotatable bonds is 0. The molecule has 0 aliphatic heterocycles. The first-order valence-corrected chi connectivity index (χ1v) is 6.94. The number of aromatic nitrogens is 1. The zero-order valence-electron chi connectivity index (χ0n) is 10.1. The van der Waals surface area contributed by atoms with Gasteiger partial charge in [0, 0.05) is 11.4 Å². The Morgan fingerprint density at radius 1 is 0.625 bits per heavy atom. The van der Waals surface area contributed by atoms with Crippen LogP contribution >= 0.6 is 0 Å². The van der Waals surface area contributed by atoms with Gasteiger partial charge in [-0.3, -0.25) is 4.98 Å². The highest BCUT2D eigenvalue weighted by Gasteiger charge is 2.15. The molecule has 0 radical (unpaired) electrons. The quantitative estimate of drug-likeness (QED) is 0.602. The molecule has 1 aromatic heterocycles. The molecule has 2 aliphatic rings. The van der Waals surface area contributed by atoms with Crippen molar-refractivity contribution in [2.24, 2.45) is 0 Å². The van der Waals surface area contributed by atoms with E-state index in [1.165, 1.54) is 75.6 Å². The van der Waals surface area contributed by atoms with Gasteiger partial charge in [0.05, 0.1) is 0 Å². The lowest BCUT2D eigenvalue weighted by atomic mass is 10.0. The van der Waals surface area contributed by atoms with Gasteiger partial charge in [0.1, 0.15) is 0 Å². The molecule has 16 heavy (non-hydrogen) atoms. The number of nitrogens with zero attached hydrogens (tertiary/aromatic N) is 1. The number of hydrogen-bond donors (Lipinski definition) is 0. The Labute approximate surface area is 98.3 Å². The van der Waals surface area contributed by atoms with E-state index in [0.29, 0.717) is 0 Å². The van der Waals surface area contributed by atoms with Crippen LogP contribution in [0.3, 0.4) is 0 Å². The summed E-state index contributed by atoms with van der Waals surface area (Å²) in [6.45, 7) is 0. The summed E-state index contributed by atoms with van der Waals surface area (Å²) in [7, 11) is 0. The minimum absolute atomic E-state index is 1.22. The highest BCUT2D eigenvalue weighted by Crippen LogP contribution is 2.25. The van der Waals surface area contributed by atoms with E-state index in [0.717, 1.165) is 0 Å². The lowest BCUT2D eigenvalue weighted by molar-refractivity contribution is 0.700. The van der Waals surface area contributed by atoms with Crippen molar-refractivity contribution in [3.63, 3.8) is 0 Å². The molecule has 0 unspecified atom stereocenters. The second-order valence-electron chi connectivity index (χ2n) is 5.32. The van der Waals surface area contributed by atoms with E-state index in [9.17, 15) is 0 Å². The van der Waals surface area contributed by atoms with Crippen molar-refractivity contribution in [1.29, 1.82) is 0 Å². The molecule has 1 heteroatoms. The zero-order chi connectivity index (χ0) is 10.8. The molecule has 3 rings (SSSR count). The van der Waals surface area contributed by atoms with E-state index in [4.69, 9.17) is 4.98 Å². The van der Waals surface area contributed by atoms with Gasteiger partial charge < -0.3 is 0 Å². The molecule has 2 aliphatic carbocycles. The first-order valence-electron chi connectivity index (χ1n) is 6.94. The van der Waals surface area contributed by atoms with Crippen LogP contribution in [-0.4, -0.2) is 4.98 Å². The average molecular weight is 215 g/mol. The second kappa shape index (κ2) is 4.57. The maximum absolute atomic E-state index is 4.97. The SMILES string of the molecule is c1c2c(nc3c1CCCCC3)CCCCC2. The molecule has 0 amide bonds. The van der Waals surface area contributed by atoms with Crippen molar-refractivity contribution >= 4 is 0 Å². The molecule has 0 atom stereocenters. The highest BCUT2D eigenvalue weighted by atomic mass is 14.7. The number of aryl methyl sites for hydroxylation is 4. The monoisotopic (exact) mass is 215 g/mol. The molecule has 1 nitrogen and oxygen atoms in total. The summed E-state index contributed by atoms with van der Waals surface area (Å²) in [5.41, 5.74) is 5.99. The molecule has 0 aromatic carbocycles. The third-order valence-electron chi connectivity index (χ3n) is 4.08. The lowest BCUT2D eigenvalue weighted by Gasteiger charge is -2.11. The van der Waals surface area contributed by atoms with Crippen molar-refractivity contribution in [3.05, 3.63) is 28.6 Å². The Hall–Kier alpha value is -0.850. The van der Waals surface area contributed by atoms with E-state index in [1.807, 2.05) is 0 Å². The summed E-state index contributed by atoms with van der Waals surface area (Å²) in [6, 6.07) is 2.49. The Morgan fingerprint density at radius 2 is 1.12 bits per heavy atom. The molecule has 0 N–H and O–H groups in total. The van der Waals surface area contributed by atoms with E-state index in [1.54, 1.807) is 11.1 Å². The van der Waals surface area contributed by atoms with Crippen LogP contribution in [0.4, 0.5) is 0 Å². The number of pyridine rings is 1. The zero-order valence-corrected chi connectivity index (χ0v) is 10.1. The summed E-state index contributed by atoms with van der Waals surface area (Å²) in [6.07, 6.45) is 13.2. The maximum Gasteiger partial charge on any atom is 0.0439 e. The van der Waals surface area contributed by atoms with Crippen molar-refractivity contribution in [2.45, 2.75) is 64.2 Å². The van der Waals surface area contributed by atoms with Gasteiger partial charge in [0.15, 0.2) is 0 Å². The fourth-order valence-corrected chi connectivity index (χ4v) is 3.12. The fourth-order valence-electron chi connectivity index (χ4n) is 3.12. The maximum atomic E-state index is 4.97. The van der Waals surface area contributed by atoms with Crippen LogP contribution in [0.1, 0.15) is 61.0 Å². The minimum atomic E-state index is 1.22. The van der Waals surface area contributed by atoms with E-state index >= 15 is 0 Å². The molecule has 1 heterocycles. The van der Waals surface area contributed by atoms with Gasteiger partial charge in [-0.05, 0) is 62.5 Å². The van der Waals surface area contributed by atoms with Crippen LogP contribution in [0.5, 0.6) is 0 Å². The summed E-state index contributed by atoms with van der Waals surface area (Å²) < 4.78 is 0. The molecule has 86 valence electrons. The van der Waals surface area contributed by atoms with E-state index < -0.39 is 0 Å². The fraction of sp³-hybridized carbons (Fsp3) is 0.667. The first kappa shape index (κ1) is 10.3. The molecule has 0 saturated carbocycles. The standard InChI is InChI=1S/C15H21N/c1-3-7-12-11-13-8-4-2-6-10-15(13)16-14(12)9-5-1/h11H,1-10H2. The van der Waals surface area contributed by atoms with Crippen molar-refractivity contribution in [3.8, 4) is 0 Å². The number of fused-ring (bicyclic) bond motifs is 2. The lowest BCUT2D eigenvalue weighted by Crippen LogP contribution is -2.03. The Balaban J connectivity index is 2.00. The summed E-state index contributed by atoms with van der Waals surface area (Å²) >= 11 is 0. The van der Waals surface area contributed by atoms with Crippen LogP contribution < -0.4 is 0 Å². The van der Waals surface area contributed by atoms with Crippen LogP contribution in [-0.2, 0) is 25.7 Å². The molecule has 1 aromatic rings. The van der Waals surface area contributed by atoms with Gasteiger partial charge in [-0.2, -0.15) is 0 Å². The topological polar surface area (TPSA) is 12.9 Å². The Kier molecular flexibility index (Phi) is 2.94. The van der Waals surface area contributed by atoms with Crippen LogP contribution in [0, 0.1) is 0 Å². The van der Waals surface area contributed by atoms with Crippen LogP contribution in [0.2, 0.25) is 0 Å². The normalized spacial score (nSPS) is 20.5. The van der Waals surface area contributed by atoms with Gasteiger partial charge in [0.2, 0.25) is 0 Å². The summed E-state index contributed by atoms with van der Waals surface area (Å²) in [5.74, 6) is 0. The molecule has 0 bridgehead atoms. The van der Waals surface area contributed by atoms with Gasteiger partial charge in [-0.1, -0.05) is 18.9 Å². The smallest absolute Gasteiger partial charge is 0.0439 e. The second-order valence-corrected chi connectivity index (χ2v) is 5.32. The molecule has 0 fully saturated rings. The third kappa shape index (κ3) is 2.00. The number of hydrogen-bond acceptors (Lipinski definition) is 1. The largest absolute Gasteiger partial charge is 0.257 e. The van der Waals surface area contributed by atoms with Gasteiger partial charge in [-0.25, -0.2) is 0 Å². The van der Waals surface area contributed by atoms with Crippen molar-refractivity contribution < 1.29 is 0 Å². The Bertz CT molecular complexity index is 313. The Morgan fingerprint density at radius 3 is 1.69 bits per heavy atom. The van der Waals surface area contributed by atoms with Crippen molar-refractivity contribution in [2.75, 3.05) is 0 Å². The molecular weight excluding hydrogens is 194 g/mol.